The van der Waals surface area contributed by atoms with Gasteiger partial charge < -0.3 is 16.0 Å². The van der Waals surface area contributed by atoms with E-state index < -0.39 is 11.0 Å². The number of amides is 1. The Morgan fingerprint density at radius 2 is 2.14 bits per heavy atom. The molecule has 22 heavy (non-hydrogen) atoms. The van der Waals surface area contributed by atoms with Crippen LogP contribution < -0.4 is 11.1 Å². The molecule has 0 saturated heterocycles. The van der Waals surface area contributed by atoms with Gasteiger partial charge in [0, 0.05) is 37.0 Å². The molecule has 0 radical (unpaired) electrons. The van der Waals surface area contributed by atoms with E-state index in [9.17, 15) is 14.9 Å². The number of H-pyrrole nitrogens is 1. The normalized spacial score (nSPS) is 11.9. The van der Waals surface area contributed by atoms with Crippen LogP contribution in [0.1, 0.15) is 11.3 Å². The fraction of sp³-hybridized carbons (Fsp3) is 0.286. The summed E-state index contributed by atoms with van der Waals surface area (Å²) in [6, 6.07) is 5.60. The third kappa shape index (κ3) is 4.38. The Morgan fingerprint density at radius 3 is 2.73 bits per heavy atom. The smallest absolute Gasteiger partial charge is 0.269 e. The van der Waals surface area contributed by atoms with Crippen molar-refractivity contribution in [1.29, 1.82) is 0 Å². The molecule has 2 rings (SSSR count). The summed E-state index contributed by atoms with van der Waals surface area (Å²) in [4.78, 5) is 28.7. The van der Waals surface area contributed by atoms with Crippen molar-refractivity contribution < 1.29 is 9.72 Å². The van der Waals surface area contributed by atoms with E-state index in [0.717, 1.165) is 11.3 Å². The van der Waals surface area contributed by atoms with Crippen molar-refractivity contribution >= 4 is 11.6 Å². The highest BCUT2D eigenvalue weighted by molar-refractivity contribution is 5.81. The van der Waals surface area contributed by atoms with Crippen LogP contribution in [0.3, 0.4) is 0 Å². The third-order valence-corrected chi connectivity index (χ3v) is 3.19. The molecule has 1 atom stereocenters. The SMILES string of the molecule is NC(Cc1cnc[nH]1)C(=O)NCCc1ccc([N+](=O)[O-])cc1. The number of benzene rings is 1. The summed E-state index contributed by atoms with van der Waals surface area (Å²) in [5.41, 5.74) is 7.57. The second-order valence-electron chi connectivity index (χ2n) is 4.85. The number of non-ortho nitro benzene ring substituents is 1. The van der Waals surface area contributed by atoms with Crippen LogP contribution in [0.4, 0.5) is 5.69 Å². The highest BCUT2D eigenvalue weighted by Gasteiger charge is 2.14. The van der Waals surface area contributed by atoms with Crippen LogP contribution in [0.5, 0.6) is 0 Å². The molecule has 4 N–H and O–H groups in total. The van der Waals surface area contributed by atoms with Crippen molar-refractivity contribution in [2.24, 2.45) is 5.73 Å². The molecule has 0 saturated carbocycles. The lowest BCUT2D eigenvalue weighted by Gasteiger charge is -2.11. The van der Waals surface area contributed by atoms with Gasteiger partial charge in [0.15, 0.2) is 0 Å². The number of carbonyl (C=O) groups is 1. The molecule has 8 nitrogen and oxygen atoms in total. The van der Waals surface area contributed by atoms with Gasteiger partial charge in [-0.1, -0.05) is 12.1 Å². The van der Waals surface area contributed by atoms with Gasteiger partial charge in [0.25, 0.3) is 5.69 Å². The second kappa shape index (κ2) is 7.32. The Bertz CT molecular complexity index is 624. The quantitative estimate of drug-likeness (QED) is 0.508. The summed E-state index contributed by atoms with van der Waals surface area (Å²) in [6.07, 6.45) is 4.14. The van der Waals surface area contributed by atoms with E-state index in [4.69, 9.17) is 5.73 Å². The average molecular weight is 303 g/mol. The number of hydrogen-bond acceptors (Lipinski definition) is 5. The molecular formula is C14H17N5O3. The maximum Gasteiger partial charge on any atom is 0.269 e. The number of nitro benzene ring substituents is 1. The molecule has 1 aromatic carbocycles. The van der Waals surface area contributed by atoms with Crippen LogP contribution in [0.25, 0.3) is 0 Å². The first kappa shape index (κ1) is 15.6. The molecule has 1 unspecified atom stereocenters. The molecular weight excluding hydrogens is 286 g/mol. The second-order valence-corrected chi connectivity index (χ2v) is 4.85. The van der Waals surface area contributed by atoms with Crippen LogP contribution >= 0.6 is 0 Å². The van der Waals surface area contributed by atoms with E-state index in [1.807, 2.05) is 0 Å². The summed E-state index contributed by atoms with van der Waals surface area (Å²) in [6.45, 7) is 0.424. The fourth-order valence-electron chi connectivity index (χ4n) is 1.97. The zero-order chi connectivity index (χ0) is 15.9. The van der Waals surface area contributed by atoms with Gasteiger partial charge >= 0.3 is 0 Å². The lowest BCUT2D eigenvalue weighted by molar-refractivity contribution is -0.384. The number of nitrogens with one attached hydrogen (secondary N) is 2. The molecule has 0 aliphatic carbocycles. The molecule has 116 valence electrons. The van der Waals surface area contributed by atoms with Crippen molar-refractivity contribution in [2.75, 3.05) is 6.54 Å². The van der Waals surface area contributed by atoms with Crippen LogP contribution in [0, 0.1) is 10.1 Å². The van der Waals surface area contributed by atoms with Crippen molar-refractivity contribution in [1.82, 2.24) is 15.3 Å². The van der Waals surface area contributed by atoms with Crippen LogP contribution in [0.2, 0.25) is 0 Å². The Morgan fingerprint density at radius 1 is 1.41 bits per heavy atom. The maximum atomic E-state index is 11.8. The lowest BCUT2D eigenvalue weighted by Crippen LogP contribution is -2.42. The molecule has 0 fully saturated rings. The lowest BCUT2D eigenvalue weighted by atomic mass is 10.1. The minimum atomic E-state index is -0.641. The van der Waals surface area contributed by atoms with E-state index in [1.54, 1.807) is 18.3 Å². The first-order valence-corrected chi connectivity index (χ1v) is 6.80. The summed E-state index contributed by atoms with van der Waals surface area (Å²) in [5, 5.41) is 13.3. The zero-order valence-electron chi connectivity index (χ0n) is 11.9. The topological polar surface area (TPSA) is 127 Å². The molecule has 0 aliphatic heterocycles. The fourth-order valence-corrected chi connectivity index (χ4v) is 1.97. The van der Waals surface area contributed by atoms with Crippen molar-refractivity contribution in [3.63, 3.8) is 0 Å². The van der Waals surface area contributed by atoms with Crippen molar-refractivity contribution in [3.05, 3.63) is 58.2 Å². The van der Waals surface area contributed by atoms with Gasteiger partial charge in [-0.05, 0) is 12.0 Å². The monoisotopic (exact) mass is 303 g/mol. The number of nitrogens with zero attached hydrogens (tertiary/aromatic N) is 2. The molecule has 2 aromatic rings. The zero-order valence-corrected chi connectivity index (χ0v) is 11.9. The highest BCUT2D eigenvalue weighted by atomic mass is 16.6. The summed E-state index contributed by atoms with van der Waals surface area (Å²) in [5.74, 6) is -0.239. The predicted molar refractivity (Wildman–Crippen MR) is 80.1 cm³/mol. The maximum absolute atomic E-state index is 11.8. The molecule has 1 aromatic heterocycles. The number of aromatic amines is 1. The van der Waals surface area contributed by atoms with E-state index in [0.29, 0.717) is 19.4 Å². The standard InChI is InChI=1S/C14H17N5O3/c15-13(7-11-8-16-9-18-11)14(20)17-6-5-10-1-3-12(4-2-10)19(21)22/h1-4,8-9,13H,5-7,15H2,(H,16,18)(H,17,20). The van der Waals surface area contributed by atoms with Crippen LogP contribution in [-0.2, 0) is 17.6 Å². The van der Waals surface area contributed by atoms with E-state index >= 15 is 0 Å². The first-order chi connectivity index (χ1) is 10.6. The Kier molecular flexibility index (Phi) is 5.21. The molecule has 8 heteroatoms. The van der Waals surface area contributed by atoms with Gasteiger partial charge in [-0.3, -0.25) is 14.9 Å². The first-order valence-electron chi connectivity index (χ1n) is 6.80. The summed E-state index contributed by atoms with van der Waals surface area (Å²) in [7, 11) is 0. The van der Waals surface area contributed by atoms with Crippen LogP contribution in [0.15, 0.2) is 36.8 Å². The van der Waals surface area contributed by atoms with E-state index in [-0.39, 0.29) is 11.6 Å². The predicted octanol–water partition coefficient (Wildman–Crippen LogP) is 0.547. The summed E-state index contributed by atoms with van der Waals surface area (Å²) < 4.78 is 0. The number of hydrogen-bond donors (Lipinski definition) is 3. The number of nitro groups is 1. The van der Waals surface area contributed by atoms with Gasteiger partial charge in [0.1, 0.15) is 0 Å². The van der Waals surface area contributed by atoms with E-state index in [1.165, 1.54) is 18.5 Å². The number of aromatic nitrogens is 2. The van der Waals surface area contributed by atoms with Gasteiger partial charge in [-0.25, -0.2) is 4.98 Å². The van der Waals surface area contributed by atoms with Gasteiger partial charge in [-0.15, -0.1) is 0 Å². The third-order valence-electron chi connectivity index (χ3n) is 3.19. The highest BCUT2D eigenvalue weighted by Crippen LogP contribution is 2.11. The van der Waals surface area contributed by atoms with Gasteiger partial charge in [0.05, 0.1) is 17.3 Å². The number of carbonyl (C=O) groups excluding carboxylic acids is 1. The average Bonchev–Trinajstić information content (AvgIpc) is 3.00. The molecule has 1 amide bonds. The number of rotatable bonds is 7. The Balaban J connectivity index is 1.75. The van der Waals surface area contributed by atoms with Gasteiger partial charge in [0.2, 0.25) is 5.91 Å². The van der Waals surface area contributed by atoms with E-state index in [2.05, 4.69) is 15.3 Å². The molecule has 0 aliphatic rings. The van der Waals surface area contributed by atoms with Crippen molar-refractivity contribution in [2.45, 2.75) is 18.9 Å². The Labute approximate surface area is 126 Å². The van der Waals surface area contributed by atoms with Gasteiger partial charge in [-0.2, -0.15) is 0 Å². The minimum Gasteiger partial charge on any atom is -0.354 e. The Hall–Kier alpha value is -2.74. The number of imidazole rings is 1. The molecule has 0 bridgehead atoms. The molecule has 1 heterocycles. The van der Waals surface area contributed by atoms with Crippen molar-refractivity contribution in [3.8, 4) is 0 Å². The summed E-state index contributed by atoms with van der Waals surface area (Å²) >= 11 is 0. The largest absolute Gasteiger partial charge is 0.354 e. The molecule has 0 spiro atoms. The number of nitrogens with two attached hydrogens (primary N) is 1. The van der Waals surface area contributed by atoms with Crippen LogP contribution in [-0.4, -0.2) is 33.4 Å². The minimum absolute atomic E-state index is 0.0503.